The molecule has 0 radical (unpaired) electrons. The lowest BCUT2D eigenvalue weighted by molar-refractivity contribution is -0.141. The van der Waals surface area contributed by atoms with Gasteiger partial charge in [0.05, 0.1) is 5.02 Å². The normalized spacial score (nSPS) is 11.5. The van der Waals surface area contributed by atoms with Crippen LogP contribution in [0.3, 0.4) is 0 Å². The molecule has 0 saturated heterocycles. The number of rotatable bonds is 4. The number of phenolic OH excluding ortho intramolecular Hbond substituents is 1. The highest BCUT2D eigenvalue weighted by Crippen LogP contribution is 2.24. The zero-order valence-corrected chi connectivity index (χ0v) is 11.3. The van der Waals surface area contributed by atoms with E-state index in [1.165, 1.54) is 12.1 Å². The maximum atomic E-state index is 11.0. The van der Waals surface area contributed by atoms with Gasteiger partial charge in [0.2, 0.25) is 4.84 Å². The zero-order chi connectivity index (χ0) is 14.6. The summed E-state index contributed by atoms with van der Waals surface area (Å²) >= 11 is 16.0. The average Bonchev–Trinajstić information content (AvgIpc) is 2.32. The quantitative estimate of drug-likeness (QED) is 0.382. The van der Waals surface area contributed by atoms with Gasteiger partial charge in [-0.15, -0.1) is 0 Å². The third-order valence-electron chi connectivity index (χ3n) is 1.83. The molecule has 102 valence electrons. The van der Waals surface area contributed by atoms with Crippen LogP contribution in [0.25, 0.3) is 0 Å². The highest BCUT2D eigenvalue weighted by atomic mass is 35.5. The Morgan fingerprint density at radius 2 is 1.95 bits per heavy atom. The molecule has 1 rings (SSSR count). The van der Waals surface area contributed by atoms with Gasteiger partial charge in [0.1, 0.15) is 5.75 Å². The maximum absolute atomic E-state index is 11.0. The molecule has 19 heavy (non-hydrogen) atoms. The molecule has 1 aromatic rings. The summed E-state index contributed by atoms with van der Waals surface area (Å²) in [5, 5.41) is 21.2. The van der Waals surface area contributed by atoms with Crippen molar-refractivity contribution in [2.45, 2.75) is 4.84 Å². The number of hydrogen-bond donors (Lipinski definition) is 2. The SMILES string of the molecule is O=C(O)/C(=N/OC(=O)C(Cl)Cl)c1ccc(O)c(Cl)c1. The summed E-state index contributed by atoms with van der Waals surface area (Å²) in [6, 6.07) is 3.56. The molecule has 0 unspecified atom stereocenters. The molecule has 6 nitrogen and oxygen atoms in total. The topological polar surface area (TPSA) is 96.2 Å². The minimum Gasteiger partial charge on any atom is -0.506 e. The Labute approximate surface area is 122 Å². The van der Waals surface area contributed by atoms with Crippen molar-refractivity contribution in [1.82, 2.24) is 0 Å². The number of carbonyl (C=O) groups excluding carboxylic acids is 1. The molecule has 0 amide bonds. The molecule has 0 aliphatic heterocycles. The molecule has 0 fully saturated rings. The Kier molecular flexibility index (Phi) is 5.41. The number of halogens is 3. The number of carboxylic acid groups (broad SMARTS) is 1. The van der Waals surface area contributed by atoms with E-state index in [2.05, 4.69) is 9.99 Å². The zero-order valence-electron chi connectivity index (χ0n) is 9.01. The molecule has 0 heterocycles. The number of nitrogens with zero attached hydrogens (tertiary/aromatic N) is 1. The van der Waals surface area contributed by atoms with E-state index in [9.17, 15) is 14.7 Å². The van der Waals surface area contributed by atoms with Gasteiger partial charge in [-0.3, -0.25) is 0 Å². The monoisotopic (exact) mass is 325 g/mol. The minimum absolute atomic E-state index is 0.0313. The smallest absolute Gasteiger partial charge is 0.367 e. The van der Waals surface area contributed by atoms with Crippen molar-refractivity contribution < 1.29 is 24.6 Å². The highest BCUT2D eigenvalue weighted by molar-refractivity contribution is 6.53. The summed E-state index contributed by atoms with van der Waals surface area (Å²) in [6.45, 7) is 0. The molecule has 0 aliphatic rings. The molecule has 2 N–H and O–H groups in total. The predicted molar refractivity (Wildman–Crippen MR) is 68.9 cm³/mol. The number of hydrogen-bond acceptors (Lipinski definition) is 5. The first-order valence-electron chi connectivity index (χ1n) is 4.62. The van der Waals surface area contributed by atoms with Gasteiger partial charge in [-0.05, 0) is 18.2 Å². The van der Waals surface area contributed by atoms with E-state index in [0.29, 0.717) is 0 Å². The van der Waals surface area contributed by atoms with E-state index in [1.54, 1.807) is 0 Å². The number of alkyl halides is 2. The number of oxime groups is 1. The van der Waals surface area contributed by atoms with Gasteiger partial charge in [0.15, 0.2) is 5.71 Å². The molecular formula is C10H6Cl3NO5. The third-order valence-corrected chi connectivity index (χ3v) is 2.49. The molecule has 0 spiro atoms. The van der Waals surface area contributed by atoms with Gasteiger partial charge in [0, 0.05) is 5.56 Å². The first-order chi connectivity index (χ1) is 8.82. The van der Waals surface area contributed by atoms with Crippen LogP contribution in [0.15, 0.2) is 23.4 Å². The van der Waals surface area contributed by atoms with Crippen molar-refractivity contribution in [1.29, 1.82) is 0 Å². The van der Waals surface area contributed by atoms with Crippen molar-refractivity contribution in [2.24, 2.45) is 5.16 Å². The lowest BCUT2D eigenvalue weighted by Gasteiger charge is -2.03. The highest BCUT2D eigenvalue weighted by Gasteiger charge is 2.18. The van der Waals surface area contributed by atoms with Gasteiger partial charge in [-0.25, -0.2) is 9.59 Å². The van der Waals surface area contributed by atoms with Crippen LogP contribution in [0.5, 0.6) is 5.75 Å². The van der Waals surface area contributed by atoms with Crippen LogP contribution in [0.1, 0.15) is 5.56 Å². The Morgan fingerprint density at radius 3 is 2.42 bits per heavy atom. The molecule has 0 atom stereocenters. The third kappa shape index (κ3) is 4.27. The lowest BCUT2D eigenvalue weighted by atomic mass is 10.1. The van der Waals surface area contributed by atoms with Crippen LogP contribution in [0, 0.1) is 0 Å². The number of carbonyl (C=O) groups is 2. The van der Waals surface area contributed by atoms with Crippen molar-refractivity contribution >= 4 is 52.5 Å². The molecule has 0 aliphatic carbocycles. The van der Waals surface area contributed by atoms with Crippen LogP contribution < -0.4 is 0 Å². The van der Waals surface area contributed by atoms with Crippen LogP contribution in [-0.2, 0) is 14.4 Å². The maximum Gasteiger partial charge on any atom is 0.367 e. The van der Waals surface area contributed by atoms with E-state index in [4.69, 9.17) is 39.9 Å². The number of aromatic hydroxyl groups is 1. The first kappa shape index (κ1) is 15.6. The van der Waals surface area contributed by atoms with Crippen molar-refractivity contribution in [3.63, 3.8) is 0 Å². The number of carboxylic acids is 1. The summed E-state index contributed by atoms with van der Waals surface area (Å²) < 4.78 is 0. The molecular weight excluding hydrogens is 320 g/mol. The van der Waals surface area contributed by atoms with Gasteiger partial charge in [-0.1, -0.05) is 40.0 Å². The predicted octanol–water partition coefficient (Wildman–Crippen LogP) is 2.18. The van der Waals surface area contributed by atoms with E-state index >= 15 is 0 Å². The lowest BCUT2D eigenvalue weighted by Crippen LogP contribution is -2.17. The van der Waals surface area contributed by atoms with E-state index < -0.39 is 22.5 Å². The summed E-state index contributed by atoms with van der Waals surface area (Å²) in [5.41, 5.74) is -0.562. The van der Waals surface area contributed by atoms with E-state index in [-0.39, 0.29) is 16.3 Å². The number of benzene rings is 1. The fourth-order valence-electron chi connectivity index (χ4n) is 1.000. The van der Waals surface area contributed by atoms with Gasteiger partial charge in [0.25, 0.3) is 0 Å². The van der Waals surface area contributed by atoms with E-state index in [0.717, 1.165) is 6.07 Å². The van der Waals surface area contributed by atoms with Crippen LogP contribution in [0.2, 0.25) is 5.02 Å². The molecule has 1 aromatic carbocycles. The summed E-state index contributed by atoms with van der Waals surface area (Å²) in [4.78, 5) is 24.7. The standard InChI is InChI=1S/C10H6Cl3NO5/c11-5-3-4(1-2-6(5)15)7(9(16)17)14-19-10(18)8(12)13/h1-3,8,15H,(H,16,17)/b14-7+. The number of phenols is 1. The average molecular weight is 327 g/mol. The summed E-state index contributed by atoms with van der Waals surface area (Å²) in [6.07, 6.45) is 0. The van der Waals surface area contributed by atoms with Gasteiger partial charge < -0.3 is 15.1 Å². The fourth-order valence-corrected chi connectivity index (χ4v) is 1.26. The van der Waals surface area contributed by atoms with Crippen molar-refractivity contribution in [2.75, 3.05) is 0 Å². The summed E-state index contributed by atoms with van der Waals surface area (Å²) in [7, 11) is 0. The van der Waals surface area contributed by atoms with Crippen LogP contribution >= 0.6 is 34.8 Å². The van der Waals surface area contributed by atoms with Crippen molar-refractivity contribution in [3.8, 4) is 5.75 Å². The summed E-state index contributed by atoms with van der Waals surface area (Å²) in [5.74, 6) is -2.81. The molecule has 9 heteroatoms. The second-order valence-electron chi connectivity index (χ2n) is 3.12. The Hall–Kier alpha value is -1.50. The Balaban J connectivity index is 3.07. The molecule has 0 saturated carbocycles. The van der Waals surface area contributed by atoms with Gasteiger partial charge in [-0.2, -0.15) is 0 Å². The fraction of sp³-hybridized carbons (Fsp3) is 0.100. The van der Waals surface area contributed by atoms with E-state index in [1.807, 2.05) is 0 Å². The molecule has 0 bridgehead atoms. The second kappa shape index (κ2) is 6.60. The number of aliphatic carboxylic acids is 1. The first-order valence-corrected chi connectivity index (χ1v) is 5.87. The van der Waals surface area contributed by atoms with Crippen LogP contribution in [-0.4, -0.2) is 32.7 Å². The largest absolute Gasteiger partial charge is 0.506 e. The van der Waals surface area contributed by atoms with Gasteiger partial charge >= 0.3 is 11.9 Å². The Bertz CT molecular complexity index is 544. The minimum atomic E-state index is -1.48. The molecule has 0 aromatic heterocycles. The Morgan fingerprint density at radius 1 is 1.32 bits per heavy atom. The van der Waals surface area contributed by atoms with Crippen LogP contribution in [0.4, 0.5) is 0 Å². The second-order valence-corrected chi connectivity index (χ2v) is 4.63. The van der Waals surface area contributed by atoms with Crippen molar-refractivity contribution in [3.05, 3.63) is 28.8 Å².